The zero-order chi connectivity index (χ0) is 13.8. The first-order valence-electron chi connectivity index (χ1n) is 5.76. The molecule has 0 fully saturated rings. The summed E-state index contributed by atoms with van der Waals surface area (Å²) in [6.07, 6.45) is 0.191. The van der Waals surface area contributed by atoms with Gasteiger partial charge in [-0.2, -0.15) is 13.2 Å². The average molecular weight is 258 g/mol. The summed E-state index contributed by atoms with van der Waals surface area (Å²) in [5.74, 6) is 0.485. The summed E-state index contributed by atoms with van der Waals surface area (Å²) in [5, 5.41) is 0. The Bertz CT molecular complexity index is 422. The molecular formula is C14H17F3O. The third-order valence-corrected chi connectivity index (χ3v) is 2.81. The molecule has 100 valence electrons. The molecule has 0 radical (unpaired) electrons. The van der Waals surface area contributed by atoms with Crippen molar-refractivity contribution < 1.29 is 17.9 Å². The van der Waals surface area contributed by atoms with Crippen LogP contribution in [0.25, 0.3) is 0 Å². The second-order valence-corrected chi connectivity index (χ2v) is 4.16. The maximum Gasteiger partial charge on any atom is 0.416 e. The lowest BCUT2D eigenvalue weighted by Crippen LogP contribution is -2.07. The van der Waals surface area contributed by atoms with Gasteiger partial charge in [-0.05, 0) is 43.0 Å². The number of hydrogen-bond acceptors (Lipinski definition) is 1. The minimum Gasteiger partial charge on any atom is -0.496 e. The van der Waals surface area contributed by atoms with Crippen LogP contribution in [-0.2, 0) is 6.18 Å². The molecular weight excluding hydrogens is 241 g/mol. The fraction of sp³-hybridized carbons (Fsp3) is 0.429. The topological polar surface area (TPSA) is 9.23 Å². The molecule has 0 aliphatic rings. The van der Waals surface area contributed by atoms with Crippen LogP contribution in [0.4, 0.5) is 13.2 Å². The number of allylic oxidation sites excluding steroid dienone is 2. The Balaban J connectivity index is 3.13. The van der Waals surface area contributed by atoms with Crippen LogP contribution in [0.1, 0.15) is 37.3 Å². The molecule has 0 amide bonds. The van der Waals surface area contributed by atoms with Crippen molar-refractivity contribution in [3.8, 4) is 5.75 Å². The number of rotatable bonds is 4. The Kier molecular flexibility index (Phi) is 4.82. The van der Waals surface area contributed by atoms with E-state index < -0.39 is 11.7 Å². The van der Waals surface area contributed by atoms with Gasteiger partial charge in [-0.25, -0.2) is 0 Å². The molecule has 1 rings (SSSR count). The number of halogens is 3. The molecule has 18 heavy (non-hydrogen) atoms. The van der Waals surface area contributed by atoms with Crippen molar-refractivity contribution in [3.05, 3.63) is 41.5 Å². The second-order valence-electron chi connectivity index (χ2n) is 4.16. The summed E-state index contributed by atoms with van der Waals surface area (Å²) >= 11 is 0. The zero-order valence-corrected chi connectivity index (χ0v) is 10.7. The van der Waals surface area contributed by atoms with E-state index in [4.69, 9.17) is 4.74 Å². The van der Waals surface area contributed by atoms with Crippen molar-refractivity contribution in [1.29, 1.82) is 0 Å². The minimum atomic E-state index is -4.32. The van der Waals surface area contributed by atoms with E-state index in [1.165, 1.54) is 19.2 Å². The SMILES string of the molecule is C/C=C\CC(C)c1cc(C(F)(F)F)ccc1OC. The number of hydrogen-bond donors (Lipinski definition) is 0. The Morgan fingerprint density at radius 1 is 1.33 bits per heavy atom. The number of alkyl halides is 3. The largest absolute Gasteiger partial charge is 0.496 e. The lowest BCUT2D eigenvalue weighted by Gasteiger charge is -2.16. The highest BCUT2D eigenvalue weighted by Crippen LogP contribution is 2.36. The van der Waals surface area contributed by atoms with Crippen LogP contribution in [-0.4, -0.2) is 7.11 Å². The van der Waals surface area contributed by atoms with E-state index in [1.54, 1.807) is 0 Å². The minimum absolute atomic E-state index is 0.0153. The van der Waals surface area contributed by atoms with Crippen molar-refractivity contribution >= 4 is 0 Å². The molecule has 0 bridgehead atoms. The molecule has 1 unspecified atom stereocenters. The van der Waals surface area contributed by atoms with Gasteiger partial charge < -0.3 is 4.74 Å². The van der Waals surface area contributed by atoms with Gasteiger partial charge in [0.15, 0.2) is 0 Å². The Morgan fingerprint density at radius 3 is 2.50 bits per heavy atom. The van der Waals surface area contributed by atoms with E-state index in [-0.39, 0.29) is 5.92 Å². The van der Waals surface area contributed by atoms with Crippen LogP contribution >= 0.6 is 0 Å². The summed E-state index contributed by atoms with van der Waals surface area (Å²) in [6.45, 7) is 3.77. The molecule has 0 aliphatic heterocycles. The van der Waals surface area contributed by atoms with Crippen molar-refractivity contribution in [1.82, 2.24) is 0 Å². The highest BCUT2D eigenvalue weighted by Gasteiger charge is 2.31. The highest BCUT2D eigenvalue weighted by atomic mass is 19.4. The summed E-state index contributed by atoms with van der Waals surface area (Å²) in [6, 6.07) is 3.60. The summed E-state index contributed by atoms with van der Waals surface area (Å²) in [7, 11) is 1.47. The highest BCUT2D eigenvalue weighted by molar-refractivity contribution is 5.40. The van der Waals surface area contributed by atoms with Gasteiger partial charge >= 0.3 is 6.18 Å². The molecule has 1 nitrogen and oxygen atoms in total. The second kappa shape index (κ2) is 5.94. The van der Waals surface area contributed by atoms with Gasteiger partial charge in [-0.1, -0.05) is 19.1 Å². The van der Waals surface area contributed by atoms with Crippen LogP contribution in [0.15, 0.2) is 30.4 Å². The number of benzene rings is 1. The van der Waals surface area contributed by atoms with Crippen LogP contribution in [0.5, 0.6) is 5.75 Å². The quantitative estimate of drug-likeness (QED) is 0.706. The molecule has 4 heteroatoms. The Hall–Kier alpha value is -1.45. The molecule has 0 N–H and O–H groups in total. The number of ether oxygens (including phenoxy) is 1. The van der Waals surface area contributed by atoms with Crippen molar-refractivity contribution in [2.45, 2.75) is 32.4 Å². The monoisotopic (exact) mass is 258 g/mol. The van der Waals surface area contributed by atoms with Gasteiger partial charge in [-0.15, -0.1) is 0 Å². The molecule has 0 spiro atoms. The van der Waals surface area contributed by atoms with Crippen LogP contribution in [0, 0.1) is 0 Å². The molecule has 1 aromatic carbocycles. The van der Waals surface area contributed by atoms with Crippen molar-refractivity contribution in [2.75, 3.05) is 7.11 Å². The fourth-order valence-corrected chi connectivity index (χ4v) is 1.76. The van der Waals surface area contributed by atoms with E-state index >= 15 is 0 Å². The van der Waals surface area contributed by atoms with Gasteiger partial charge in [-0.3, -0.25) is 0 Å². The van der Waals surface area contributed by atoms with Gasteiger partial charge in [0.25, 0.3) is 0 Å². The van der Waals surface area contributed by atoms with Crippen LogP contribution in [0.3, 0.4) is 0 Å². The number of methoxy groups -OCH3 is 1. The van der Waals surface area contributed by atoms with Crippen molar-refractivity contribution in [3.63, 3.8) is 0 Å². The van der Waals surface area contributed by atoms with Crippen molar-refractivity contribution in [2.24, 2.45) is 0 Å². The molecule has 0 aliphatic carbocycles. The molecule has 1 atom stereocenters. The summed E-state index contributed by atoms with van der Waals surface area (Å²) in [5.41, 5.74) is -0.0453. The van der Waals surface area contributed by atoms with Gasteiger partial charge in [0.1, 0.15) is 5.75 Å². The third kappa shape index (κ3) is 3.52. The molecule has 0 saturated carbocycles. The predicted octanol–water partition coefficient (Wildman–Crippen LogP) is 4.78. The lowest BCUT2D eigenvalue weighted by atomic mass is 9.94. The Labute approximate surface area is 105 Å². The summed E-state index contributed by atoms with van der Waals surface area (Å²) in [4.78, 5) is 0. The Morgan fingerprint density at radius 2 is 2.00 bits per heavy atom. The maximum absolute atomic E-state index is 12.7. The fourth-order valence-electron chi connectivity index (χ4n) is 1.76. The van der Waals surface area contributed by atoms with E-state index in [2.05, 4.69) is 0 Å². The first-order chi connectivity index (χ1) is 8.40. The normalized spacial score (nSPS) is 13.9. The smallest absolute Gasteiger partial charge is 0.416 e. The molecule has 0 heterocycles. The van der Waals surface area contributed by atoms with Crippen LogP contribution in [0.2, 0.25) is 0 Å². The van der Waals surface area contributed by atoms with E-state index in [1.807, 2.05) is 26.0 Å². The van der Waals surface area contributed by atoms with E-state index in [0.29, 0.717) is 17.7 Å². The lowest BCUT2D eigenvalue weighted by molar-refractivity contribution is -0.137. The van der Waals surface area contributed by atoms with Gasteiger partial charge in [0.2, 0.25) is 0 Å². The molecule has 0 saturated heterocycles. The zero-order valence-electron chi connectivity index (χ0n) is 10.7. The van der Waals surface area contributed by atoms with Gasteiger partial charge in [0.05, 0.1) is 12.7 Å². The predicted molar refractivity (Wildman–Crippen MR) is 65.8 cm³/mol. The molecule has 0 aromatic heterocycles. The first kappa shape index (κ1) is 14.6. The maximum atomic E-state index is 12.7. The van der Waals surface area contributed by atoms with Crippen LogP contribution < -0.4 is 4.74 Å². The average Bonchev–Trinajstić information content (AvgIpc) is 2.34. The first-order valence-corrected chi connectivity index (χ1v) is 5.76. The molecule has 1 aromatic rings. The summed E-state index contributed by atoms with van der Waals surface area (Å²) < 4.78 is 43.1. The van der Waals surface area contributed by atoms with Gasteiger partial charge in [0, 0.05) is 0 Å². The van der Waals surface area contributed by atoms with E-state index in [0.717, 1.165) is 6.07 Å². The third-order valence-electron chi connectivity index (χ3n) is 2.81. The van der Waals surface area contributed by atoms with E-state index in [9.17, 15) is 13.2 Å². The standard InChI is InChI=1S/C14H17F3O/c1-4-5-6-10(2)12-9-11(14(15,16)17)7-8-13(12)18-3/h4-5,7-10H,6H2,1-3H3/b5-4-.